The Morgan fingerprint density at radius 1 is 1.26 bits per heavy atom. The lowest BCUT2D eigenvalue weighted by Crippen LogP contribution is -2.52. The van der Waals surface area contributed by atoms with Gasteiger partial charge in [-0.1, -0.05) is 18.2 Å². The van der Waals surface area contributed by atoms with Crippen LogP contribution >= 0.6 is 0 Å². The van der Waals surface area contributed by atoms with Crippen molar-refractivity contribution in [3.8, 4) is 0 Å². The second-order valence-corrected chi connectivity index (χ2v) is 7.44. The summed E-state index contributed by atoms with van der Waals surface area (Å²) in [4.78, 5) is 37.8. The van der Waals surface area contributed by atoms with Crippen molar-refractivity contribution in [1.82, 2.24) is 20.9 Å². The summed E-state index contributed by atoms with van der Waals surface area (Å²) in [5.41, 5.74) is 2.70. The summed E-state index contributed by atoms with van der Waals surface area (Å²) in [5, 5.41) is 9.24. The highest BCUT2D eigenvalue weighted by molar-refractivity contribution is 6.05. The normalized spacial score (nSPS) is 27.6. The molecule has 4 rings (SSSR count). The van der Waals surface area contributed by atoms with E-state index in [1.54, 1.807) is 4.90 Å². The lowest BCUT2D eigenvalue weighted by atomic mass is 10.0. The van der Waals surface area contributed by atoms with E-state index in [2.05, 4.69) is 22.5 Å². The molecule has 0 bridgehead atoms. The van der Waals surface area contributed by atoms with E-state index < -0.39 is 6.04 Å². The number of nitrogens with one attached hydrogen (secondary N) is 3. The number of hydrogen-bond acceptors (Lipinski definition) is 5. The van der Waals surface area contributed by atoms with Crippen molar-refractivity contribution in [1.29, 1.82) is 0 Å². The number of fused-ring (bicyclic) bond motifs is 1. The molecule has 3 aliphatic rings. The smallest absolute Gasteiger partial charge is 0.255 e. The first-order valence-corrected chi connectivity index (χ1v) is 9.40. The largest absolute Gasteiger partial charge is 0.322 e. The summed E-state index contributed by atoms with van der Waals surface area (Å²) in [6, 6.07) is 5.64. The van der Waals surface area contributed by atoms with Gasteiger partial charge in [0.25, 0.3) is 5.91 Å². The summed E-state index contributed by atoms with van der Waals surface area (Å²) in [7, 11) is 0. The first-order valence-electron chi connectivity index (χ1n) is 9.40. The van der Waals surface area contributed by atoms with E-state index in [1.807, 2.05) is 24.3 Å². The Morgan fingerprint density at radius 3 is 2.89 bits per heavy atom. The highest BCUT2D eigenvalue weighted by Crippen LogP contribution is 2.28. The number of benzene rings is 1. The average molecular weight is 368 g/mol. The average Bonchev–Trinajstić information content (AvgIpc) is 3.24. The van der Waals surface area contributed by atoms with Crippen molar-refractivity contribution in [2.45, 2.75) is 38.0 Å². The maximum atomic E-state index is 12.7. The fourth-order valence-electron chi connectivity index (χ4n) is 4.16. The van der Waals surface area contributed by atoms with E-state index in [1.165, 1.54) is 0 Å². The lowest BCUT2D eigenvalue weighted by molar-refractivity contribution is -0.136. The Balaban J connectivity index is 1.44. The first kappa shape index (κ1) is 17.9. The van der Waals surface area contributed by atoms with Crippen molar-refractivity contribution < 1.29 is 14.4 Å². The third kappa shape index (κ3) is 3.40. The molecule has 3 aliphatic heterocycles. The van der Waals surface area contributed by atoms with Crippen LogP contribution in [0.5, 0.6) is 0 Å². The van der Waals surface area contributed by atoms with E-state index in [4.69, 9.17) is 0 Å². The van der Waals surface area contributed by atoms with Crippen LogP contribution in [0.3, 0.4) is 0 Å². The summed E-state index contributed by atoms with van der Waals surface area (Å²) in [6.07, 6.45) is 2.64. The highest BCUT2D eigenvalue weighted by Gasteiger charge is 2.39. The number of imide groups is 1. The van der Waals surface area contributed by atoms with Crippen LogP contribution in [0.15, 0.2) is 30.9 Å². The highest BCUT2D eigenvalue weighted by atomic mass is 16.2. The van der Waals surface area contributed by atoms with Gasteiger partial charge in [-0.05, 0) is 23.6 Å². The third-order valence-electron chi connectivity index (χ3n) is 5.72. The molecule has 1 aromatic rings. The molecule has 0 spiro atoms. The van der Waals surface area contributed by atoms with Crippen molar-refractivity contribution in [3.05, 3.63) is 47.5 Å². The number of rotatable bonds is 5. The number of piperidine rings is 1. The maximum Gasteiger partial charge on any atom is 0.255 e. The van der Waals surface area contributed by atoms with Crippen LogP contribution < -0.4 is 16.0 Å². The molecular formula is C20H24N4O3. The molecular weight excluding hydrogens is 344 g/mol. The van der Waals surface area contributed by atoms with Gasteiger partial charge in [0, 0.05) is 50.1 Å². The number of nitrogens with zero attached hydrogens (tertiary/aromatic N) is 1. The number of carbonyl (C=O) groups excluding carboxylic acids is 3. The Bertz CT molecular complexity index is 806. The van der Waals surface area contributed by atoms with Crippen LogP contribution in [0, 0.1) is 5.92 Å². The second-order valence-electron chi connectivity index (χ2n) is 7.44. The molecule has 3 amide bonds. The van der Waals surface area contributed by atoms with Gasteiger partial charge >= 0.3 is 0 Å². The summed E-state index contributed by atoms with van der Waals surface area (Å²) >= 11 is 0. The van der Waals surface area contributed by atoms with Crippen LogP contribution in [0.2, 0.25) is 0 Å². The zero-order valence-corrected chi connectivity index (χ0v) is 15.2. The van der Waals surface area contributed by atoms with Gasteiger partial charge < -0.3 is 15.5 Å². The predicted octanol–water partition coefficient (Wildman–Crippen LogP) is 0.311. The molecule has 0 saturated carbocycles. The molecule has 0 radical (unpaired) electrons. The molecule has 27 heavy (non-hydrogen) atoms. The SMILES string of the molecule is C=C[C@@H]1CNC[C@@H]1NCc1ccc2c(c1)CN(C1CCC(=O)NC1=O)C2=O. The summed E-state index contributed by atoms with van der Waals surface area (Å²) < 4.78 is 0. The van der Waals surface area contributed by atoms with Gasteiger partial charge in [-0.15, -0.1) is 6.58 Å². The molecule has 3 N–H and O–H groups in total. The minimum absolute atomic E-state index is 0.134. The molecule has 7 heteroatoms. The van der Waals surface area contributed by atoms with Gasteiger partial charge in [-0.3, -0.25) is 19.7 Å². The Hall–Kier alpha value is -2.51. The molecule has 2 fully saturated rings. The standard InChI is InChI=1S/C20H24N4O3/c1-2-13-9-21-10-16(13)22-8-12-3-4-15-14(7-12)11-24(20(15)27)17-5-6-18(25)23-19(17)26/h2-4,7,13,16-17,21-22H,1,5-6,8-11H2,(H,23,25,26)/t13-,16+,17?/m1/s1. The minimum atomic E-state index is -0.568. The fraction of sp³-hybridized carbons (Fsp3) is 0.450. The van der Waals surface area contributed by atoms with Gasteiger partial charge in [-0.25, -0.2) is 0 Å². The van der Waals surface area contributed by atoms with Crippen LogP contribution in [-0.4, -0.2) is 47.8 Å². The molecule has 3 atom stereocenters. The van der Waals surface area contributed by atoms with Gasteiger partial charge in [0.15, 0.2) is 0 Å². The Labute approximate surface area is 158 Å². The van der Waals surface area contributed by atoms with Crippen molar-refractivity contribution in [2.75, 3.05) is 13.1 Å². The lowest BCUT2D eigenvalue weighted by Gasteiger charge is -2.29. The quantitative estimate of drug-likeness (QED) is 0.514. The van der Waals surface area contributed by atoms with Gasteiger partial charge in [-0.2, -0.15) is 0 Å². The number of carbonyl (C=O) groups is 3. The van der Waals surface area contributed by atoms with Crippen LogP contribution in [-0.2, 0) is 22.7 Å². The molecule has 2 saturated heterocycles. The van der Waals surface area contributed by atoms with Crippen molar-refractivity contribution >= 4 is 17.7 Å². The summed E-state index contributed by atoms with van der Waals surface area (Å²) in [5.74, 6) is -0.360. The first-order chi connectivity index (χ1) is 13.1. The zero-order valence-electron chi connectivity index (χ0n) is 15.2. The minimum Gasteiger partial charge on any atom is -0.322 e. The van der Waals surface area contributed by atoms with Crippen LogP contribution in [0.25, 0.3) is 0 Å². The maximum absolute atomic E-state index is 12.7. The van der Waals surface area contributed by atoms with E-state index in [9.17, 15) is 14.4 Å². The molecule has 142 valence electrons. The predicted molar refractivity (Wildman–Crippen MR) is 99.7 cm³/mol. The Kier molecular flexibility index (Phi) is 4.80. The number of hydrogen-bond donors (Lipinski definition) is 3. The molecule has 1 unspecified atom stereocenters. The topological polar surface area (TPSA) is 90.5 Å². The number of amides is 3. The zero-order chi connectivity index (χ0) is 19.0. The summed E-state index contributed by atoms with van der Waals surface area (Å²) in [6.45, 7) is 6.89. The van der Waals surface area contributed by atoms with Crippen molar-refractivity contribution in [3.63, 3.8) is 0 Å². The van der Waals surface area contributed by atoms with E-state index in [0.717, 1.165) is 30.8 Å². The van der Waals surface area contributed by atoms with Crippen LogP contribution in [0.4, 0.5) is 0 Å². The van der Waals surface area contributed by atoms with Gasteiger partial charge in [0.2, 0.25) is 11.8 Å². The Morgan fingerprint density at radius 2 is 2.11 bits per heavy atom. The fourth-order valence-corrected chi connectivity index (χ4v) is 4.16. The molecule has 7 nitrogen and oxygen atoms in total. The van der Waals surface area contributed by atoms with Crippen LogP contribution in [0.1, 0.15) is 34.3 Å². The molecule has 1 aromatic carbocycles. The molecule has 0 aliphatic carbocycles. The van der Waals surface area contributed by atoms with E-state index >= 15 is 0 Å². The third-order valence-corrected chi connectivity index (χ3v) is 5.72. The monoisotopic (exact) mass is 368 g/mol. The second kappa shape index (κ2) is 7.25. The van der Waals surface area contributed by atoms with Gasteiger partial charge in [0.05, 0.1) is 0 Å². The van der Waals surface area contributed by atoms with E-state index in [-0.39, 0.29) is 24.1 Å². The molecule has 3 heterocycles. The van der Waals surface area contributed by atoms with Gasteiger partial charge in [0.1, 0.15) is 6.04 Å². The van der Waals surface area contributed by atoms with Crippen molar-refractivity contribution in [2.24, 2.45) is 5.92 Å². The van der Waals surface area contributed by atoms with E-state index in [0.29, 0.717) is 30.5 Å². The molecule has 0 aromatic heterocycles.